The molecule has 2 aromatic heterocycles. The number of para-hydroxylation sites is 1. The molecular formula is C20H16Cl2N4O3. The van der Waals surface area contributed by atoms with Crippen LogP contribution in [-0.2, 0) is 6.54 Å². The van der Waals surface area contributed by atoms with Crippen LogP contribution in [0.3, 0.4) is 0 Å². The van der Waals surface area contributed by atoms with E-state index >= 15 is 0 Å². The summed E-state index contributed by atoms with van der Waals surface area (Å²) in [7, 11) is 0. The molecule has 0 aliphatic rings. The van der Waals surface area contributed by atoms with Gasteiger partial charge in [0.15, 0.2) is 5.52 Å². The maximum Gasteiger partial charge on any atom is 0.295 e. The zero-order valence-electron chi connectivity index (χ0n) is 15.1. The minimum atomic E-state index is -0.982. The van der Waals surface area contributed by atoms with Gasteiger partial charge in [-0.3, -0.25) is 4.79 Å². The zero-order valence-corrected chi connectivity index (χ0v) is 16.6. The highest BCUT2D eigenvalue weighted by atomic mass is 35.5. The molecule has 1 N–H and O–H groups in total. The fourth-order valence-corrected chi connectivity index (χ4v) is 3.16. The van der Waals surface area contributed by atoms with Gasteiger partial charge in [0, 0.05) is 22.7 Å². The SMILES string of the molecule is O=c1c2nn(-c3ccccc3)cc2cnn1CC(O)COc1cc(Cl)ccc1Cl. The lowest BCUT2D eigenvalue weighted by Gasteiger charge is -2.14. The van der Waals surface area contributed by atoms with Crippen LogP contribution >= 0.6 is 23.2 Å². The Morgan fingerprint density at radius 1 is 1.14 bits per heavy atom. The first-order valence-corrected chi connectivity index (χ1v) is 9.54. The maximum atomic E-state index is 12.7. The standard InChI is InChI=1S/C20H16Cl2N4O3/c21-14-6-7-17(22)18(8-14)29-12-16(27)11-26-20(28)19-13(9-23-26)10-25(24-19)15-4-2-1-3-5-15/h1-10,16,27H,11-12H2. The summed E-state index contributed by atoms with van der Waals surface area (Å²) in [5, 5.41) is 20.2. The minimum Gasteiger partial charge on any atom is -0.489 e. The molecule has 1 atom stereocenters. The number of nitrogens with zero attached hydrogens (tertiary/aromatic N) is 4. The Hall–Kier alpha value is -2.87. The third kappa shape index (κ3) is 4.27. The number of hydrogen-bond donors (Lipinski definition) is 1. The number of ether oxygens (including phenoxy) is 1. The molecule has 2 aromatic carbocycles. The number of aromatic nitrogens is 4. The number of rotatable bonds is 6. The number of aliphatic hydroxyl groups is 1. The predicted octanol–water partition coefficient (Wildman–Crippen LogP) is 3.33. The van der Waals surface area contributed by atoms with Crippen LogP contribution in [0.25, 0.3) is 16.6 Å². The summed E-state index contributed by atoms with van der Waals surface area (Å²) >= 11 is 12.0. The van der Waals surface area contributed by atoms with Gasteiger partial charge >= 0.3 is 0 Å². The Kier molecular flexibility index (Phi) is 5.53. The summed E-state index contributed by atoms with van der Waals surface area (Å²) in [5.74, 6) is 0.357. The molecule has 2 heterocycles. The Morgan fingerprint density at radius 2 is 1.93 bits per heavy atom. The van der Waals surface area contributed by atoms with Crippen LogP contribution in [0.2, 0.25) is 10.0 Å². The van der Waals surface area contributed by atoms with E-state index in [1.165, 1.54) is 0 Å². The van der Waals surface area contributed by atoms with Gasteiger partial charge < -0.3 is 9.84 Å². The van der Waals surface area contributed by atoms with Crippen LogP contribution in [0.15, 0.2) is 65.7 Å². The summed E-state index contributed by atoms with van der Waals surface area (Å²) < 4.78 is 8.30. The minimum absolute atomic E-state index is 0.0504. The molecule has 7 nitrogen and oxygen atoms in total. The Balaban J connectivity index is 1.51. The van der Waals surface area contributed by atoms with Gasteiger partial charge in [0.1, 0.15) is 18.5 Å². The van der Waals surface area contributed by atoms with Crippen molar-refractivity contribution in [2.24, 2.45) is 0 Å². The van der Waals surface area contributed by atoms with Crippen molar-refractivity contribution in [2.45, 2.75) is 12.6 Å². The zero-order chi connectivity index (χ0) is 20.4. The monoisotopic (exact) mass is 430 g/mol. The molecular weight excluding hydrogens is 415 g/mol. The first kappa shape index (κ1) is 19.4. The first-order valence-electron chi connectivity index (χ1n) is 8.78. The van der Waals surface area contributed by atoms with Gasteiger partial charge in [-0.2, -0.15) is 10.2 Å². The Labute approximate surface area is 175 Å². The molecule has 29 heavy (non-hydrogen) atoms. The molecule has 1 unspecified atom stereocenters. The van der Waals surface area contributed by atoms with Crippen LogP contribution in [-0.4, -0.2) is 37.4 Å². The van der Waals surface area contributed by atoms with Gasteiger partial charge in [-0.15, -0.1) is 0 Å². The van der Waals surface area contributed by atoms with Gasteiger partial charge in [0.2, 0.25) is 0 Å². The smallest absolute Gasteiger partial charge is 0.295 e. The molecule has 148 valence electrons. The lowest BCUT2D eigenvalue weighted by atomic mass is 10.3. The molecule has 0 bridgehead atoms. The normalized spacial score (nSPS) is 12.2. The Morgan fingerprint density at radius 3 is 2.72 bits per heavy atom. The van der Waals surface area contributed by atoms with E-state index in [1.54, 1.807) is 35.3 Å². The molecule has 0 spiro atoms. The van der Waals surface area contributed by atoms with E-state index in [0.29, 0.717) is 21.2 Å². The van der Waals surface area contributed by atoms with Crippen molar-refractivity contribution in [3.8, 4) is 11.4 Å². The van der Waals surface area contributed by atoms with Crippen LogP contribution < -0.4 is 10.3 Å². The predicted molar refractivity (Wildman–Crippen MR) is 111 cm³/mol. The van der Waals surface area contributed by atoms with E-state index in [-0.39, 0.29) is 18.7 Å². The van der Waals surface area contributed by atoms with Gasteiger partial charge in [-0.25, -0.2) is 9.36 Å². The number of hydrogen-bond acceptors (Lipinski definition) is 5. The summed E-state index contributed by atoms with van der Waals surface area (Å²) in [4.78, 5) is 12.7. The van der Waals surface area contributed by atoms with Crippen LogP contribution in [0.1, 0.15) is 0 Å². The molecule has 9 heteroatoms. The molecule has 4 aromatic rings. The van der Waals surface area contributed by atoms with Crippen molar-refractivity contribution in [3.63, 3.8) is 0 Å². The van der Waals surface area contributed by atoms with Crippen molar-refractivity contribution < 1.29 is 9.84 Å². The fraction of sp³-hybridized carbons (Fsp3) is 0.150. The van der Waals surface area contributed by atoms with Crippen LogP contribution in [0.4, 0.5) is 0 Å². The van der Waals surface area contributed by atoms with E-state index in [1.807, 2.05) is 30.3 Å². The van der Waals surface area contributed by atoms with E-state index in [9.17, 15) is 9.90 Å². The van der Waals surface area contributed by atoms with Crippen molar-refractivity contribution in [3.05, 3.63) is 81.3 Å². The molecule has 0 saturated heterocycles. The average molecular weight is 431 g/mol. The highest BCUT2D eigenvalue weighted by Crippen LogP contribution is 2.27. The van der Waals surface area contributed by atoms with E-state index in [2.05, 4.69) is 10.2 Å². The molecule has 0 saturated carbocycles. The molecule has 0 aliphatic heterocycles. The Bertz CT molecular complexity index is 1210. The number of benzene rings is 2. The summed E-state index contributed by atoms with van der Waals surface area (Å²) in [6, 6.07) is 14.3. The molecule has 0 amide bonds. The highest BCUT2D eigenvalue weighted by Gasteiger charge is 2.14. The van der Waals surface area contributed by atoms with Crippen molar-refractivity contribution >= 4 is 34.1 Å². The van der Waals surface area contributed by atoms with Crippen molar-refractivity contribution in [1.82, 2.24) is 19.6 Å². The third-order valence-electron chi connectivity index (χ3n) is 4.24. The lowest BCUT2D eigenvalue weighted by molar-refractivity contribution is 0.0882. The second kappa shape index (κ2) is 8.24. The first-order chi connectivity index (χ1) is 14.0. The average Bonchev–Trinajstić information content (AvgIpc) is 3.17. The van der Waals surface area contributed by atoms with E-state index in [4.69, 9.17) is 27.9 Å². The number of halogens is 2. The second-order valence-corrected chi connectivity index (χ2v) is 7.23. The lowest BCUT2D eigenvalue weighted by Crippen LogP contribution is -2.32. The molecule has 0 aliphatic carbocycles. The van der Waals surface area contributed by atoms with Crippen LogP contribution in [0.5, 0.6) is 5.75 Å². The van der Waals surface area contributed by atoms with Gasteiger partial charge in [0.05, 0.1) is 23.5 Å². The number of aliphatic hydroxyl groups excluding tert-OH is 1. The third-order valence-corrected chi connectivity index (χ3v) is 4.79. The van der Waals surface area contributed by atoms with E-state index < -0.39 is 11.7 Å². The quantitative estimate of drug-likeness (QED) is 0.507. The summed E-state index contributed by atoms with van der Waals surface area (Å²) in [6.45, 7) is -0.129. The molecule has 4 rings (SSSR count). The van der Waals surface area contributed by atoms with Crippen molar-refractivity contribution in [2.75, 3.05) is 6.61 Å². The van der Waals surface area contributed by atoms with E-state index in [0.717, 1.165) is 10.4 Å². The van der Waals surface area contributed by atoms with Gasteiger partial charge in [0.25, 0.3) is 5.56 Å². The number of fused-ring (bicyclic) bond motifs is 1. The summed E-state index contributed by atoms with van der Waals surface area (Å²) in [6.07, 6.45) is 2.30. The molecule has 0 radical (unpaired) electrons. The second-order valence-electron chi connectivity index (χ2n) is 6.38. The highest BCUT2D eigenvalue weighted by molar-refractivity contribution is 6.34. The fourth-order valence-electron chi connectivity index (χ4n) is 2.82. The maximum absolute atomic E-state index is 12.7. The van der Waals surface area contributed by atoms with Crippen LogP contribution in [0, 0.1) is 0 Å². The summed E-state index contributed by atoms with van der Waals surface area (Å²) in [5.41, 5.74) is 0.716. The topological polar surface area (TPSA) is 82.2 Å². The van der Waals surface area contributed by atoms with Gasteiger partial charge in [-0.05, 0) is 24.3 Å². The molecule has 0 fully saturated rings. The van der Waals surface area contributed by atoms with Crippen molar-refractivity contribution in [1.29, 1.82) is 0 Å². The largest absolute Gasteiger partial charge is 0.489 e. The van der Waals surface area contributed by atoms with Gasteiger partial charge in [-0.1, -0.05) is 41.4 Å².